The molecule has 1 aliphatic heterocycles. The van der Waals surface area contributed by atoms with Gasteiger partial charge in [0.05, 0.1) is 0 Å². The Morgan fingerprint density at radius 1 is 0.848 bits per heavy atom. The van der Waals surface area contributed by atoms with Crippen LogP contribution in [0.1, 0.15) is 61.0 Å². The third kappa shape index (κ3) is 4.87. The summed E-state index contributed by atoms with van der Waals surface area (Å²) in [6, 6.07) is 25.9. The highest BCUT2D eigenvalue weighted by molar-refractivity contribution is 5.82. The van der Waals surface area contributed by atoms with Crippen LogP contribution in [0.15, 0.2) is 78.9 Å². The van der Waals surface area contributed by atoms with Crippen LogP contribution in [0.4, 0.5) is 0 Å². The van der Waals surface area contributed by atoms with E-state index in [9.17, 15) is 4.79 Å². The summed E-state index contributed by atoms with van der Waals surface area (Å²) in [5.74, 6) is -0.414. The maximum Gasteiger partial charge on any atom is 0.342 e. The first-order chi connectivity index (χ1) is 15.7. The number of benzene rings is 3. The molecule has 1 saturated heterocycles. The van der Waals surface area contributed by atoms with Crippen LogP contribution in [0.2, 0.25) is 0 Å². The van der Waals surface area contributed by atoms with E-state index in [-0.39, 0.29) is 0 Å². The van der Waals surface area contributed by atoms with Gasteiger partial charge < -0.3 is 14.2 Å². The molecule has 0 radical (unpaired) electrons. The van der Waals surface area contributed by atoms with Crippen LogP contribution in [0.25, 0.3) is 0 Å². The minimum Gasteiger partial charge on any atom is -0.458 e. The monoisotopic (exact) mass is 444 g/mol. The quantitative estimate of drug-likeness (QED) is 0.426. The van der Waals surface area contributed by atoms with E-state index in [4.69, 9.17) is 14.2 Å². The summed E-state index contributed by atoms with van der Waals surface area (Å²) in [6.07, 6.45) is -0.977. The molecule has 3 aromatic rings. The molecule has 1 fully saturated rings. The number of carbonyl (C=O) groups excluding carboxylic acids is 1. The van der Waals surface area contributed by atoms with E-state index in [1.54, 1.807) is 0 Å². The van der Waals surface area contributed by atoms with E-state index in [1.807, 2.05) is 113 Å². The Kier molecular flexibility index (Phi) is 6.42. The van der Waals surface area contributed by atoms with E-state index in [0.29, 0.717) is 6.42 Å². The molecule has 4 rings (SSSR count). The number of carbonyl (C=O) groups is 1. The molecule has 0 aromatic heterocycles. The predicted octanol–water partition coefficient (Wildman–Crippen LogP) is 6.41. The average molecular weight is 445 g/mol. The van der Waals surface area contributed by atoms with E-state index in [1.165, 1.54) is 0 Å². The largest absolute Gasteiger partial charge is 0.458 e. The van der Waals surface area contributed by atoms with Crippen LogP contribution >= 0.6 is 0 Å². The lowest BCUT2D eigenvalue weighted by molar-refractivity contribution is -0.185. The molecule has 33 heavy (non-hydrogen) atoms. The van der Waals surface area contributed by atoms with Gasteiger partial charge in [0, 0.05) is 12.0 Å². The molecule has 1 aliphatic rings. The molecule has 4 nitrogen and oxygen atoms in total. The summed E-state index contributed by atoms with van der Waals surface area (Å²) in [5, 5.41) is 0. The standard InChI is InChI=1S/C29H32O4/c1-20-13-9-11-17-23(20)25-29(27(30)33-28(3,4)5,19-22-15-7-6-8-16-22)32-26(31-25)24-18-12-10-14-21(24)2/h6-18,25-26H,19H2,1-5H3/t25-,26-,29-/m1/s1. The number of rotatable bonds is 5. The van der Waals surface area contributed by atoms with Crippen molar-refractivity contribution in [1.82, 2.24) is 0 Å². The maximum absolute atomic E-state index is 13.9. The predicted molar refractivity (Wildman–Crippen MR) is 129 cm³/mol. The molecule has 0 unspecified atom stereocenters. The van der Waals surface area contributed by atoms with Crippen molar-refractivity contribution in [3.05, 3.63) is 107 Å². The Balaban J connectivity index is 1.87. The Morgan fingerprint density at radius 2 is 1.39 bits per heavy atom. The summed E-state index contributed by atoms with van der Waals surface area (Å²) in [4.78, 5) is 13.9. The highest BCUT2D eigenvalue weighted by atomic mass is 16.8. The van der Waals surface area contributed by atoms with Crippen LogP contribution in [-0.4, -0.2) is 17.2 Å². The SMILES string of the molecule is Cc1ccccc1[C@@H]1O[C@H](c2ccccc2C)[C@](Cc2ccccc2)(C(=O)OC(C)(C)C)O1. The van der Waals surface area contributed by atoms with Gasteiger partial charge in [-0.25, -0.2) is 4.79 Å². The van der Waals surface area contributed by atoms with Crippen molar-refractivity contribution >= 4 is 5.97 Å². The maximum atomic E-state index is 13.9. The first-order valence-electron chi connectivity index (χ1n) is 11.4. The molecule has 0 aliphatic carbocycles. The van der Waals surface area contributed by atoms with E-state index >= 15 is 0 Å². The molecule has 0 saturated carbocycles. The van der Waals surface area contributed by atoms with E-state index in [2.05, 4.69) is 0 Å². The lowest BCUT2D eigenvalue weighted by atomic mass is 9.83. The van der Waals surface area contributed by atoms with Crippen molar-refractivity contribution < 1.29 is 19.0 Å². The lowest BCUT2D eigenvalue weighted by Gasteiger charge is -2.34. The lowest BCUT2D eigenvalue weighted by Crippen LogP contribution is -2.49. The normalized spacial score (nSPS) is 22.8. The van der Waals surface area contributed by atoms with Crippen LogP contribution in [0, 0.1) is 13.8 Å². The van der Waals surface area contributed by atoms with Crippen molar-refractivity contribution in [3.8, 4) is 0 Å². The first-order valence-corrected chi connectivity index (χ1v) is 11.4. The third-order valence-electron chi connectivity index (χ3n) is 5.97. The van der Waals surface area contributed by atoms with Crippen molar-refractivity contribution in [2.24, 2.45) is 0 Å². The highest BCUT2D eigenvalue weighted by Gasteiger charge is 2.58. The number of hydrogen-bond donors (Lipinski definition) is 0. The second-order valence-corrected chi connectivity index (χ2v) is 9.73. The van der Waals surface area contributed by atoms with Crippen LogP contribution in [0.3, 0.4) is 0 Å². The van der Waals surface area contributed by atoms with Gasteiger partial charge in [-0.1, -0.05) is 78.9 Å². The number of ether oxygens (including phenoxy) is 3. The molecule has 0 N–H and O–H groups in total. The Hall–Kier alpha value is -2.95. The van der Waals surface area contributed by atoms with Gasteiger partial charge in [-0.2, -0.15) is 0 Å². The Morgan fingerprint density at radius 3 is 1.97 bits per heavy atom. The van der Waals surface area contributed by atoms with Crippen LogP contribution in [0.5, 0.6) is 0 Å². The Bertz CT molecular complexity index is 1120. The molecule has 3 atom stereocenters. The first kappa shape index (κ1) is 23.2. The van der Waals surface area contributed by atoms with Crippen molar-refractivity contribution in [3.63, 3.8) is 0 Å². The number of esters is 1. The topological polar surface area (TPSA) is 44.8 Å². The molecule has 1 heterocycles. The van der Waals surface area contributed by atoms with Gasteiger partial charge in [-0.15, -0.1) is 0 Å². The van der Waals surface area contributed by atoms with Gasteiger partial charge in [0.1, 0.15) is 11.7 Å². The van der Waals surface area contributed by atoms with Gasteiger partial charge >= 0.3 is 5.97 Å². The van der Waals surface area contributed by atoms with Crippen LogP contribution < -0.4 is 0 Å². The summed E-state index contributed by atoms with van der Waals surface area (Å²) in [6.45, 7) is 9.67. The van der Waals surface area contributed by atoms with Crippen molar-refractivity contribution in [2.45, 2.75) is 64.6 Å². The molecule has 4 heteroatoms. The molecular formula is C29H32O4. The summed E-state index contributed by atoms with van der Waals surface area (Å²) in [7, 11) is 0. The second-order valence-electron chi connectivity index (χ2n) is 9.73. The second kappa shape index (κ2) is 9.12. The summed E-state index contributed by atoms with van der Waals surface area (Å²) in [5.41, 5.74) is 2.90. The fourth-order valence-corrected chi connectivity index (χ4v) is 4.33. The molecular weight excluding hydrogens is 412 g/mol. The van der Waals surface area contributed by atoms with Gasteiger partial charge in [0.2, 0.25) is 5.60 Å². The number of aryl methyl sites for hydroxylation is 2. The fraction of sp³-hybridized carbons (Fsp3) is 0.345. The summed E-state index contributed by atoms with van der Waals surface area (Å²) < 4.78 is 19.2. The highest BCUT2D eigenvalue weighted by Crippen LogP contribution is 2.50. The van der Waals surface area contributed by atoms with Gasteiger partial charge in [-0.05, 0) is 56.9 Å². The Labute approximate surface area is 196 Å². The molecule has 0 amide bonds. The minimum absolute atomic E-state index is 0.337. The minimum atomic E-state index is -1.34. The fourth-order valence-electron chi connectivity index (χ4n) is 4.33. The van der Waals surface area contributed by atoms with Gasteiger partial charge in [0.15, 0.2) is 6.29 Å². The average Bonchev–Trinajstić information content (AvgIpc) is 3.14. The number of hydrogen-bond acceptors (Lipinski definition) is 4. The molecule has 0 bridgehead atoms. The zero-order valence-corrected chi connectivity index (χ0v) is 20.0. The van der Waals surface area contributed by atoms with Crippen molar-refractivity contribution in [1.29, 1.82) is 0 Å². The summed E-state index contributed by atoms with van der Waals surface area (Å²) >= 11 is 0. The zero-order chi connectivity index (χ0) is 23.6. The van der Waals surface area contributed by atoms with Crippen LogP contribution in [-0.2, 0) is 25.4 Å². The van der Waals surface area contributed by atoms with Gasteiger partial charge in [0.25, 0.3) is 0 Å². The van der Waals surface area contributed by atoms with E-state index < -0.39 is 29.6 Å². The third-order valence-corrected chi connectivity index (χ3v) is 5.97. The van der Waals surface area contributed by atoms with E-state index in [0.717, 1.165) is 27.8 Å². The zero-order valence-electron chi connectivity index (χ0n) is 20.0. The molecule has 3 aromatic carbocycles. The molecule has 0 spiro atoms. The van der Waals surface area contributed by atoms with Crippen molar-refractivity contribution in [2.75, 3.05) is 0 Å². The molecule has 172 valence electrons. The van der Waals surface area contributed by atoms with Gasteiger partial charge in [-0.3, -0.25) is 0 Å². The smallest absolute Gasteiger partial charge is 0.342 e.